The SMILES string of the molecule is CC(NC(=O)CNCCc1ccc(Cl)cc1Cl)c1ccccc1. The van der Waals surface area contributed by atoms with Gasteiger partial charge in [0.15, 0.2) is 0 Å². The van der Waals surface area contributed by atoms with Gasteiger partial charge in [0.25, 0.3) is 0 Å². The fraction of sp³-hybridized carbons (Fsp3) is 0.278. The van der Waals surface area contributed by atoms with E-state index in [1.165, 1.54) is 0 Å². The third-order valence-corrected chi connectivity index (χ3v) is 4.14. The number of rotatable bonds is 7. The fourth-order valence-corrected chi connectivity index (χ4v) is 2.77. The zero-order chi connectivity index (χ0) is 16.7. The van der Waals surface area contributed by atoms with Crippen LogP contribution in [0.2, 0.25) is 10.0 Å². The molecule has 5 heteroatoms. The molecule has 1 atom stereocenters. The Morgan fingerprint density at radius 2 is 1.87 bits per heavy atom. The van der Waals surface area contributed by atoms with Crippen molar-refractivity contribution in [3.63, 3.8) is 0 Å². The van der Waals surface area contributed by atoms with Crippen molar-refractivity contribution < 1.29 is 4.79 Å². The number of nitrogens with one attached hydrogen (secondary N) is 2. The normalized spacial score (nSPS) is 12.0. The molecule has 2 N–H and O–H groups in total. The lowest BCUT2D eigenvalue weighted by Gasteiger charge is -2.14. The Balaban J connectivity index is 1.70. The van der Waals surface area contributed by atoms with E-state index in [0.29, 0.717) is 16.6 Å². The van der Waals surface area contributed by atoms with Crippen molar-refractivity contribution >= 4 is 29.1 Å². The number of benzene rings is 2. The van der Waals surface area contributed by atoms with Gasteiger partial charge >= 0.3 is 0 Å². The summed E-state index contributed by atoms with van der Waals surface area (Å²) >= 11 is 12.0. The first-order valence-electron chi connectivity index (χ1n) is 7.55. The molecule has 2 rings (SSSR count). The van der Waals surface area contributed by atoms with Gasteiger partial charge in [0, 0.05) is 10.0 Å². The van der Waals surface area contributed by atoms with E-state index in [0.717, 1.165) is 17.5 Å². The number of hydrogen-bond donors (Lipinski definition) is 2. The third kappa shape index (κ3) is 5.87. The van der Waals surface area contributed by atoms with Crippen LogP contribution in [0.15, 0.2) is 48.5 Å². The van der Waals surface area contributed by atoms with E-state index >= 15 is 0 Å². The summed E-state index contributed by atoms with van der Waals surface area (Å²) in [6, 6.07) is 15.3. The Labute approximate surface area is 147 Å². The van der Waals surface area contributed by atoms with Crippen LogP contribution in [-0.2, 0) is 11.2 Å². The number of hydrogen-bond acceptors (Lipinski definition) is 2. The minimum atomic E-state index is -0.0245. The van der Waals surface area contributed by atoms with Gasteiger partial charge in [0.05, 0.1) is 12.6 Å². The van der Waals surface area contributed by atoms with Gasteiger partial charge in [-0.2, -0.15) is 0 Å². The summed E-state index contributed by atoms with van der Waals surface area (Å²) in [7, 11) is 0. The predicted octanol–water partition coefficient (Wildman–Crippen LogP) is 4.00. The molecule has 0 aromatic heterocycles. The molecule has 0 spiro atoms. The molecular formula is C18H20Cl2N2O. The van der Waals surface area contributed by atoms with E-state index in [1.54, 1.807) is 6.07 Å². The van der Waals surface area contributed by atoms with E-state index in [9.17, 15) is 4.79 Å². The van der Waals surface area contributed by atoms with Crippen LogP contribution >= 0.6 is 23.2 Å². The highest BCUT2D eigenvalue weighted by Crippen LogP contribution is 2.21. The molecule has 0 radical (unpaired) electrons. The summed E-state index contributed by atoms with van der Waals surface area (Å²) in [6.45, 7) is 2.93. The highest BCUT2D eigenvalue weighted by molar-refractivity contribution is 6.35. The van der Waals surface area contributed by atoms with Crippen molar-refractivity contribution in [2.45, 2.75) is 19.4 Å². The maximum atomic E-state index is 11.9. The van der Waals surface area contributed by atoms with Gasteiger partial charge in [0.1, 0.15) is 0 Å². The van der Waals surface area contributed by atoms with Gasteiger partial charge in [-0.15, -0.1) is 0 Å². The van der Waals surface area contributed by atoms with Crippen molar-refractivity contribution in [1.82, 2.24) is 10.6 Å². The summed E-state index contributed by atoms with van der Waals surface area (Å²) in [5.41, 5.74) is 2.11. The third-order valence-electron chi connectivity index (χ3n) is 3.55. The Bertz CT molecular complexity index is 647. The number of carbonyl (C=O) groups is 1. The molecule has 0 saturated heterocycles. The Morgan fingerprint density at radius 1 is 1.13 bits per heavy atom. The quantitative estimate of drug-likeness (QED) is 0.741. The fourth-order valence-electron chi connectivity index (χ4n) is 2.27. The first-order valence-corrected chi connectivity index (χ1v) is 8.31. The summed E-state index contributed by atoms with van der Waals surface area (Å²) in [5, 5.41) is 7.38. The summed E-state index contributed by atoms with van der Waals surface area (Å²) in [6.07, 6.45) is 0.748. The van der Waals surface area contributed by atoms with Crippen molar-refractivity contribution in [3.8, 4) is 0 Å². The second-order valence-corrected chi connectivity index (χ2v) is 6.21. The van der Waals surface area contributed by atoms with Gasteiger partial charge in [-0.3, -0.25) is 4.79 Å². The molecule has 0 saturated carbocycles. The van der Waals surface area contributed by atoms with E-state index in [-0.39, 0.29) is 18.5 Å². The van der Waals surface area contributed by atoms with Gasteiger partial charge in [-0.05, 0) is 43.1 Å². The van der Waals surface area contributed by atoms with Crippen LogP contribution < -0.4 is 10.6 Å². The second-order valence-electron chi connectivity index (χ2n) is 5.36. The highest BCUT2D eigenvalue weighted by Gasteiger charge is 2.08. The van der Waals surface area contributed by atoms with Crippen LogP contribution in [0.4, 0.5) is 0 Å². The van der Waals surface area contributed by atoms with Crippen molar-refractivity contribution in [1.29, 1.82) is 0 Å². The molecule has 122 valence electrons. The highest BCUT2D eigenvalue weighted by atomic mass is 35.5. The molecule has 0 heterocycles. The first-order chi connectivity index (χ1) is 11.1. The number of amides is 1. The van der Waals surface area contributed by atoms with Crippen molar-refractivity contribution in [3.05, 3.63) is 69.7 Å². The second kappa shape index (κ2) is 8.92. The molecule has 2 aromatic rings. The molecule has 0 aliphatic rings. The lowest BCUT2D eigenvalue weighted by atomic mass is 10.1. The maximum absolute atomic E-state index is 11.9. The minimum Gasteiger partial charge on any atom is -0.348 e. The molecule has 0 bridgehead atoms. The number of halogens is 2. The minimum absolute atomic E-state index is 0.00351. The average molecular weight is 351 g/mol. The average Bonchev–Trinajstić information content (AvgIpc) is 2.54. The first kappa shape index (κ1) is 17.8. The number of carbonyl (C=O) groups excluding carboxylic acids is 1. The zero-order valence-electron chi connectivity index (χ0n) is 13.0. The summed E-state index contributed by atoms with van der Waals surface area (Å²) in [4.78, 5) is 11.9. The smallest absolute Gasteiger partial charge is 0.234 e. The Kier molecular flexibility index (Phi) is 6.90. The Hall–Kier alpha value is -1.55. The van der Waals surface area contributed by atoms with Crippen LogP contribution in [0.3, 0.4) is 0 Å². The van der Waals surface area contributed by atoms with Crippen LogP contribution in [-0.4, -0.2) is 19.0 Å². The van der Waals surface area contributed by atoms with Crippen LogP contribution in [0, 0.1) is 0 Å². The standard InChI is InChI=1S/C18H20Cl2N2O/c1-13(14-5-3-2-4-6-14)22-18(23)12-21-10-9-15-7-8-16(19)11-17(15)20/h2-8,11,13,21H,9-10,12H2,1H3,(H,22,23). The molecule has 1 unspecified atom stereocenters. The lowest BCUT2D eigenvalue weighted by Crippen LogP contribution is -2.36. The Morgan fingerprint density at radius 3 is 2.57 bits per heavy atom. The van der Waals surface area contributed by atoms with Gasteiger partial charge in [-0.25, -0.2) is 0 Å². The van der Waals surface area contributed by atoms with Gasteiger partial charge < -0.3 is 10.6 Å². The van der Waals surface area contributed by atoms with Gasteiger partial charge in [-0.1, -0.05) is 59.6 Å². The molecule has 23 heavy (non-hydrogen) atoms. The zero-order valence-corrected chi connectivity index (χ0v) is 14.5. The van der Waals surface area contributed by atoms with Crippen LogP contribution in [0.5, 0.6) is 0 Å². The largest absolute Gasteiger partial charge is 0.348 e. The molecule has 0 aliphatic carbocycles. The monoisotopic (exact) mass is 350 g/mol. The van der Waals surface area contributed by atoms with E-state index in [2.05, 4.69) is 10.6 Å². The van der Waals surface area contributed by atoms with Crippen molar-refractivity contribution in [2.24, 2.45) is 0 Å². The molecule has 0 fully saturated rings. The van der Waals surface area contributed by atoms with E-state index in [4.69, 9.17) is 23.2 Å². The predicted molar refractivity (Wildman–Crippen MR) is 96.0 cm³/mol. The summed E-state index contributed by atoms with van der Waals surface area (Å²) < 4.78 is 0. The van der Waals surface area contributed by atoms with E-state index < -0.39 is 0 Å². The molecule has 2 aromatic carbocycles. The maximum Gasteiger partial charge on any atom is 0.234 e. The molecule has 3 nitrogen and oxygen atoms in total. The van der Waals surface area contributed by atoms with Crippen LogP contribution in [0.25, 0.3) is 0 Å². The molecule has 0 aliphatic heterocycles. The molecular weight excluding hydrogens is 331 g/mol. The van der Waals surface area contributed by atoms with Crippen LogP contribution in [0.1, 0.15) is 24.1 Å². The van der Waals surface area contributed by atoms with Crippen molar-refractivity contribution in [2.75, 3.05) is 13.1 Å². The van der Waals surface area contributed by atoms with Gasteiger partial charge in [0.2, 0.25) is 5.91 Å². The topological polar surface area (TPSA) is 41.1 Å². The molecule has 1 amide bonds. The lowest BCUT2D eigenvalue weighted by molar-refractivity contribution is -0.120. The summed E-state index contributed by atoms with van der Waals surface area (Å²) in [5.74, 6) is -0.0245. The van der Waals surface area contributed by atoms with E-state index in [1.807, 2.05) is 49.4 Å².